The fourth-order valence-electron chi connectivity index (χ4n) is 4.40. The summed E-state index contributed by atoms with van der Waals surface area (Å²) < 4.78 is 44.8. The predicted octanol–water partition coefficient (Wildman–Crippen LogP) is 5.03. The van der Waals surface area contributed by atoms with Gasteiger partial charge in [0.25, 0.3) is 0 Å². The SMILES string of the molecule is CCn1c(-c2nonc2N)nc2c(-c3ccccc3)ncc(OCCCCNCc3ccc(C(=O)O)cc3)c21.O=C(O)C(F)(F)F. The third kappa shape index (κ3) is 8.15. The Morgan fingerprint density at radius 3 is 2.30 bits per heavy atom. The van der Waals surface area contributed by atoms with Crippen LogP contribution in [-0.2, 0) is 17.9 Å². The number of benzene rings is 2. The topological polar surface area (TPSA) is 192 Å². The van der Waals surface area contributed by atoms with E-state index < -0.39 is 18.1 Å². The van der Waals surface area contributed by atoms with Gasteiger partial charge in [-0.25, -0.2) is 24.2 Å². The predicted molar refractivity (Wildman–Crippen MR) is 160 cm³/mol. The molecular formula is C30H30F3N7O6. The summed E-state index contributed by atoms with van der Waals surface area (Å²) in [4.78, 5) is 29.5. The number of aliphatic carboxylic acids is 1. The van der Waals surface area contributed by atoms with Crippen LogP contribution in [0.3, 0.4) is 0 Å². The standard InChI is InChI=1S/C28H29N7O4.C2HF3O2/c1-2-35-25-21(38-15-7-6-14-30-16-18-10-12-20(13-11-18)28(36)37)17-31-22(19-8-4-3-5-9-19)23(25)32-27(35)24-26(29)34-39-33-24;3-2(4,5)1(6)7/h3-5,8-13,17,30H,2,6-7,14-16H2,1H3,(H2,29,34)(H,36,37);(H,6,7). The minimum absolute atomic E-state index is 0.169. The van der Waals surface area contributed by atoms with Crippen LogP contribution < -0.4 is 15.8 Å². The van der Waals surface area contributed by atoms with Crippen molar-refractivity contribution in [1.82, 2.24) is 30.2 Å². The number of aromatic carboxylic acids is 1. The van der Waals surface area contributed by atoms with Gasteiger partial charge in [-0.1, -0.05) is 42.5 Å². The number of ether oxygens (including phenoxy) is 1. The summed E-state index contributed by atoms with van der Waals surface area (Å²) in [5.41, 5.74) is 10.9. The van der Waals surface area contributed by atoms with Gasteiger partial charge in [0.15, 0.2) is 23.1 Å². The number of anilines is 1. The molecule has 0 aliphatic heterocycles. The van der Waals surface area contributed by atoms with Crippen molar-refractivity contribution in [3.63, 3.8) is 0 Å². The number of imidazole rings is 1. The molecule has 0 fully saturated rings. The van der Waals surface area contributed by atoms with Gasteiger partial charge in [-0.3, -0.25) is 0 Å². The van der Waals surface area contributed by atoms with Gasteiger partial charge in [0.2, 0.25) is 0 Å². The first-order valence-electron chi connectivity index (χ1n) is 14.0. The highest BCUT2D eigenvalue weighted by molar-refractivity contribution is 5.95. The highest BCUT2D eigenvalue weighted by Gasteiger charge is 2.38. The molecule has 0 aliphatic rings. The second-order valence-electron chi connectivity index (χ2n) is 9.75. The second-order valence-corrected chi connectivity index (χ2v) is 9.75. The average Bonchev–Trinajstić information content (AvgIpc) is 3.64. The van der Waals surface area contributed by atoms with Crippen LogP contribution in [0.15, 0.2) is 65.4 Å². The number of hydrogen-bond donors (Lipinski definition) is 4. The number of hydrogen-bond acceptors (Lipinski definition) is 10. The number of nitrogens with two attached hydrogens (primary N) is 1. The van der Waals surface area contributed by atoms with E-state index in [1.165, 1.54) is 0 Å². The molecule has 242 valence electrons. The van der Waals surface area contributed by atoms with Gasteiger partial charge in [-0.05, 0) is 54.3 Å². The molecule has 13 nitrogen and oxygen atoms in total. The summed E-state index contributed by atoms with van der Waals surface area (Å²) in [6, 6.07) is 16.7. The minimum atomic E-state index is -5.08. The Balaban J connectivity index is 0.000000617. The van der Waals surface area contributed by atoms with E-state index >= 15 is 0 Å². The van der Waals surface area contributed by atoms with Crippen LogP contribution in [0.1, 0.15) is 35.7 Å². The number of carboxylic acid groups (broad SMARTS) is 2. The lowest BCUT2D eigenvalue weighted by atomic mass is 10.1. The molecule has 0 radical (unpaired) electrons. The normalized spacial score (nSPS) is 11.2. The Hall–Kier alpha value is -5.51. The van der Waals surface area contributed by atoms with Crippen LogP contribution in [-0.4, -0.2) is 66.3 Å². The Labute approximate surface area is 259 Å². The zero-order chi connectivity index (χ0) is 33.3. The van der Waals surface area contributed by atoms with E-state index in [1.54, 1.807) is 18.3 Å². The number of pyridine rings is 1. The fourth-order valence-corrected chi connectivity index (χ4v) is 4.40. The molecule has 0 saturated carbocycles. The van der Waals surface area contributed by atoms with E-state index in [0.29, 0.717) is 42.5 Å². The number of nitrogens with zero attached hydrogens (tertiary/aromatic N) is 5. The van der Waals surface area contributed by atoms with Gasteiger partial charge < -0.3 is 30.6 Å². The fraction of sp³-hybridized carbons (Fsp3) is 0.267. The summed E-state index contributed by atoms with van der Waals surface area (Å²) in [5.74, 6) is -2.34. The molecule has 3 aromatic heterocycles. The van der Waals surface area contributed by atoms with Crippen LogP contribution in [0.25, 0.3) is 33.8 Å². The van der Waals surface area contributed by atoms with E-state index in [9.17, 15) is 18.0 Å². The number of nitrogens with one attached hydrogen (secondary N) is 1. The van der Waals surface area contributed by atoms with Crippen LogP contribution >= 0.6 is 0 Å². The highest BCUT2D eigenvalue weighted by Crippen LogP contribution is 2.36. The number of rotatable bonds is 12. The Morgan fingerprint density at radius 1 is 1.02 bits per heavy atom. The first-order valence-corrected chi connectivity index (χ1v) is 14.0. The van der Waals surface area contributed by atoms with Gasteiger partial charge in [0, 0.05) is 18.7 Å². The van der Waals surface area contributed by atoms with Crippen molar-refractivity contribution in [3.05, 3.63) is 71.9 Å². The van der Waals surface area contributed by atoms with Crippen LogP contribution in [0.4, 0.5) is 19.0 Å². The highest BCUT2D eigenvalue weighted by atomic mass is 19.4. The smallest absolute Gasteiger partial charge is 0.490 e. The summed E-state index contributed by atoms with van der Waals surface area (Å²) in [7, 11) is 0. The maximum atomic E-state index is 11.0. The van der Waals surface area contributed by atoms with Crippen LogP contribution in [0, 0.1) is 0 Å². The maximum Gasteiger partial charge on any atom is 0.490 e. The molecule has 5 rings (SSSR count). The molecule has 2 aromatic carbocycles. The Morgan fingerprint density at radius 2 is 1.72 bits per heavy atom. The summed E-state index contributed by atoms with van der Waals surface area (Å²) in [6.07, 6.45) is -1.60. The van der Waals surface area contributed by atoms with E-state index in [0.717, 1.165) is 41.7 Å². The summed E-state index contributed by atoms with van der Waals surface area (Å²) in [5, 5.41) is 27.2. The summed E-state index contributed by atoms with van der Waals surface area (Å²) >= 11 is 0. The van der Waals surface area contributed by atoms with Gasteiger partial charge in [-0.15, -0.1) is 0 Å². The number of unbranched alkanes of at least 4 members (excludes halogenated alkanes) is 1. The summed E-state index contributed by atoms with van der Waals surface area (Å²) in [6.45, 7) is 4.60. The molecule has 5 aromatic rings. The molecule has 0 bridgehead atoms. The van der Waals surface area contributed by atoms with Crippen molar-refractivity contribution in [2.45, 2.75) is 39.0 Å². The molecule has 0 spiro atoms. The average molecular weight is 642 g/mol. The first kappa shape index (κ1) is 33.4. The molecule has 3 heterocycles. The molecular weight excluding hydrogens is 611 g/mol. The lowest BCUT2D eigenvalue weighted by molar-refractivity contribution is -0.192. The molecule has 46 heavy (non-hydrogen) atoms. The van der Waals surface area contributed by atoms with Crippen molar-refractivity contribution in [2.75, 3.05) is 18.9 Å². The van der Waals surface area contributed by atoms with Gasteiger partial charge in [0.1, 0.15) is 11.0 Å². The first-order chi connectivity index (χ1) is 22.0. The number of fused-ring (bicyclic) bond motifs is 1. The molecule has 0 saturated heterocycles. The van der Waals surface area contributed by atoms with Crippen LogP contribution in [0.5, 0.6) is 5.75 Å². The third-order valence-corrected chi connectivity index (χ3v) is 6.60. The molecule has 0 aliphatic carbocycles. The molecule has 0 unspecified atom stereocenters. The number of carboxylic acids is 2. The Kier molecular flexibility index (Phi) is 10.9. The number of aromatic nitrogens is 5. The number of alkyl halides is 3. The van der Waals surface area contributed by atoms with Crippen molar-refractivity contribution in [2.24, 2.45) is 0 Å². The van der Waals surface area contributed by atoms with E-state index in [1.807, 2.05) is 54.0 Å². The molecule has 0 atom stereocenters. The van der Waals surface area contributed by atoms with Crippen LogP contribution in [0.2, 0.25) is 0 Å². The van der Waals surface area contributed by atoms with E-state index in [2.05, 4.69) is 15.6 Å². The molecule has 0 amide bonds. The lowest BCUT2D eigenvalue weighted by Gasteiger charge is -2.12. The van der Waals surface area contributed by atoms with Crippen molar-refractivity contribution < 1.29 is 42.3 Å². The number of carbonyl (C=O) groups is 2. The van der Waals surface area contributed by atoms with Crippen molar-refractivity contribution in [1.29, 1.82) is 0 Å². The minimum Gasteiger partial charge on any atom is -0.490 e. The molecule has 16 heteroatoms. The van der Waals surface area contributed by atoms with E-state index in [4.69, 9.17) is 40.1 Å². The number of nitrogen functional groups attached to an aromatic ring is 1. The zero-order valence-corrected chi connectivity index (χ0v) is 24.5. The monoisotopic (exact) mass is 641 g/mol. The Bertz CT molecular complexity index is 1770. The van der Waals surface area contributed by atoms with Gasteiger partial charge >= 0.3 is 18.1 Å². The van der Waals surface area contributed by atoms with Crippen molar-refractivity contribution in [3.8, 4) is 28.5 Å². The maximum absolute atomic E-state index is 11.0. The third-order valence-electron chi connectivity index (χ3n) is 6.60. The van der Waals surface area contributed by atoms with Crippen molar-refractivity contribution >= 4 is 28.8 Å². The lowest BCUT2D eigenvalue weighted by Crippen LogP contribution is -2.21. The van der Waals surface area contributed by atoms with E-state index in [-0.39, 0.29) is 11.4 Å². The number of halogens is 3. The van der Waals surface area contributed by atoms with Gasteiger partial charge in [0.05, 0.1) is 24.1 Å². The largest absolute Gasteiger partial charge is 0.490 e. The van der Waals surface area contributed by atoms with Gasteiger partial charge in [-0.2, -0.15) is 13.2 Å². The quantitative estimate of drug-likeness (QED) is 0.133. The molecule has 5 N–H and O–H groups in total. The zero-order valence-electron chi connectivity index (χ0n) is 24.5. The second kappa shape index (κ2) is 15.0. The number of aryl methyl sites for hydroxylation is 1.